The Hall–Kier alpha value is -0.240. The van der Waals surface area contributed by atoms with Crippen LogP contribution in [0.4, 0.5) is 0 Å². The lowest BCUT2D eigenvalue weighted by molar-refractivity contribution is 0.249. The molecule has 0 saturated heterocycles. The van der Waals surface area contributed by atoms with Gasteiger partial charge in [0.25, 0.3) is 0 Å². The fourth-order valence-electron chi connectivity index (χ4n) is 0.431. The number of halogens is 1. The Labute approximate surface area is 77.9 Å². The van der Waals surface area contributed by atoms with Crippen molar-refractivity contribution in [3.8, 4) is 0 Å². The predicted octanol–water partition coefficient (Wildman–Crippen LogP) is 3.14. The van der Waals surface area contributed by atoms with E-state index in [0.29, 0.717) is 0 Å². The monoisotopic (exact) mass is 217 g/mol. The highest BCUT2D eigenvalue weighted by Crippen LogP contribution is 2.14. The molecule has 0 unspecified atom stereocenters. The van der Waals surface area contributed by atoms with Crippen LogP contribution >= 0.6 is 15.9 Å². The highest BCUT2D eigenvalue weighted by atomic mass is 79.9. The van der Waals surface area contributed by atoms with Gasteiger partial charge in [-0.05, 0) is 36.7 Å². The van der Waals surface area contributed by atoms with Crippen LogP contribution in [-0.4, -0.2) is 17.5 Å². The summed E-state index contributed by atoms with van der Waals surface area (Å²) < 4.78 is 1.01. The van der Waals surface area contributed by atoms with Gasteiger partial charge in [0, 0.05) is 23.3 Å². The Morgan fingerprint density at radius 3 is 2.18 bits per heavy atom. The average molecular weight is 218 g/mol. The molecule has 0 spiro atoms. The van der Waals surface area contributed by atoms with Crippen LogP contribution < -0.4 is 0 Å². The summed E-state index contributed by atoms with van der Waals surface area (Å²) in [6.45, 7) is 10.1. The quantitative estimate of drug-likeness (QED) is 0.643. The van der Waals surface area contributed by atoms with Gasteiger partial charge in [0.15, 0.2) is 0 Å². The van der Waals surface area contributed by atoms with Crippen LogP contribution in [0.25, 0.3) is 0 Å². The molecule has 0 rings (SSSR count). The van der Waals surface area contributed by atoms with Crippen LogP contribution in [-0.2, 0) is 0 Å². The first-order chi connectivity index (χ1) is 4.88. The van der Waals surface area contributed by atoms with Gasteiger partial charge in [-0.3, -0.25) is 0 Å². The van der Waals surface area contributed by atoms with Crippen molar-refractivity contribution in [2.24, 2.45) is 0 Å². The van der Waals surface area contributed by atoms with E-state index >= 15 is 0 Å². The predicted molar refractivity (Wildman–Crippen MR) is 54.7 cm³/mol. The standard InChI is InChI=1S/C9H16BrN/c1-6-8(10)7-11(5)9(2,3)4/h6-7H,1H2,2-5H3/b8-7+. The molecule has 0 radical (unpaired) electrons. The maximum atomic E-state index is 3.65. The molecule has 0 heterocycles. The molecule has 0 N–H and O–H groups in total. The van der Waals surface area contributed by atoms with Crippen LogP contribution in [0, 0.1) is 0 Å². The summed E-state index contributed by atoms with van der Waals surface area (Å²) in [5.41, 5.74) is 0.169. The van der Waals surface area contributed by atoms with Gasteiger partial charge in [-0.15, -0.1) is 0 Å². The smallest absolute Gasteiger partial charge is 0.0328 e. The summed E-state index contributed by atoms with van der Waals surface area (Å²) in [5, 5.41) is 0. The highest BCUT2D eigenvalue weighted by Gasteiger charge is 2.13. The highest BCUT2D eigenvalue weighted by molar-refractivity contribution is 9.11. The van der Waals surface area contributed by atoms with Gasteiger partial charge in [0.05, 0.1) is 0 Å². The Morgan fingerprint density at radius 1 is 1.45 bits per heavy atom. The Morgan fingerprint density at radius 2 is 1.91 bits per heavy atom. The van der Waals surface area contributed by atoms with Crippen molar-refractivity contribution in [3.05, 3.63) is 23.3 Å². The zero-order chi connectivity index (χ0) is 9.07. The molecular weight excluding hydrogens is 202 g/mol. The van der Waals surface area contributed by atoms with Crippen molar-refractivity contribution < 1.29 is 0 Å². The van der Waals surface area contributed by atoms with Gasteiger partial charge in [-0.2, -0.15) is 0 Å². The molecule has 0 aromatic rings. The summed E-state index contributed by atoms with van der Waals surface area (Å²) >= 11 is 3.37. The third kappa shape index (κ3) is 4.25. The van der Waals surface area contributed by atoms with Gasteiger partial charge < -0.3 is 4.90 Å². The van der Waals surface area contributed by atoms with Crippen molar-refractivity contribution in [2.45, 2.75) is 26.3 Å². The zero-order valence-corrected chi connectivity index (χ0v) is 9.27. The summed E-state index contributed by atoms with van der Waals surface area (Å²) in [6.07, 6.45) is 3.80. The van der Waals surface area contributed by atoms with E-state index in [2.05, 4.69) is 48.2 Å². The third-order valence-electron chi connectivity index (χ3n) is 1.57. The molecule has 0 bridgehead atoms. The molecular formula is C9H16BrN. The minimum atomic E-state index is 0.169. The third-order valence-corrected chi connectivity index (χ3v) is 2.10. The molecule has 0 aliphatic heterocycles. The maximum absolute atomic E-state index is 3.65. The van der Waals surface area contributed by atoms with E-state index in [0.717, 1.165) is 4.48 Å². The lowest BCUT2D eigenvalue weighted by atomic mass is 10.1. The molecule has 64 valence electrons. The van der Waals surface area contributed by atoms with Crippen molar-refractivity contribution in [1.82, 2.24) is 4.90 Å². The molecule has 11 heavy (non-hydrogen) atoms. The van der Waals surface area contributed by atoms with E-state index in [-0.39, 0.29) is 5.54 Å². The normalized spacial score (nSPS) is 13.0. The van der Waals surface area contributed by atoms with Crippen molar-refractivity contribution in [2.75, 3.05) is 7.05 Å². The second-order valence-electron chi connectivity index (χ2n) is 3.50. The van der Waals surface area contributed by atoms with Gasteiger partial charge in [0.1, 0.15) is 0 Å². The van der Waals surface area contributed by atoms with Gasteiger partial charge in [0.2, 0.25) is 0 Å². The minimum absolute atomic E-state index is 0.169. The molecule has 0 fully saturated rings. The van der Waals surface area contributed by atoms with Crippen LogP contribution in [0.1, 0.15) is 20.8 Å². The Bertz CT molecular complexity index is 165. The molecule has 1 nitrogen and oxygen atoms in total. The molecule has 0 aromatic carbocycles. The zero-order valence-electron chi connectivity index (χ0n) is 7.69. The number of hydrogen-bond acceptors (Lipinski definition) is 1. The number of nitrogens with zero attached hydrogens (tertiary/aromatic N) is 1. The molecule has 0 saturated carbocycles. The first-order valence-corrected chi connectivity index (χ1v) is 4.40. The first kappa shape index (κ1) is 10.8. The number of hydrogen-bond donors (Lipinski definition) is 0. The summed E-state index contributed by atoms with van der Waals surface area (Å²) in [7, 11) is 2.05. The SMILES string of the molecule is C=C/C(Br)=C\N(C)C(C)(C)C. The van der Waals surface area contributed by atoms with Gasteiger partial charge in [-0.25, -0.2) is 0 Å². The van der Waals surface area contributed by atoms with E-state index < -0.39 is 0 Å². The molecule has 0 aliphatic rings. The first-order valence-electron chi connectivity index (χ1n) is 3.60. The van der Waals surface area contributed by atoms with E-state index in [1.165, 1.54) is 0 Å². The Kier molecular flexibility index (Phi) is 3.87. The van der Waals surface area contributed by atoms with Crippen molar-refractivity contribution in [1.29, 1.82) is 0 Å². The summed E-state index contributed by atoms with van der Waals surface area (Å²) in [4.78, 5) is 2.14. The van der Waals surface area contributed by atoms with E-state index in [4.69, 9.17) is 0 Å². The second-order valence-corrected chi connectivity index (χ2v) is 4.42. The fraction of sp³-hybridized carbons (Fsp3) is 0.556. The van der Waals surface area contributed by atoms with Gasteiger partial charge >= 0.3 is 0 Å². The average Bonchev–Trinajstić information content (AvgIpc) is 1.85. The van der Waals surface area contributed by atoms with Crippen molar-refractivity contribution >= 4 is 15.9 Å². The van der Waals surface area contributed by atoms with Gasteiger partial charge in [-0.1, -0.05) is 12.7 Å². The van der Waals surface area contributed by atoms with E-state index in [9.17, 15) is 0 Å². The fourth-order valence-corrected chi connectivity index (χ4v) is 0.738. The van der Waals surface area contributed by atoms with Crippen molar-refractivity contribution in [3.63, 3.8) is 0 Å². The second kappa shape index (κ2) is 3.96. The molecule has 0 aromatic heterocycles. The maximum Gasteiger partial charge on any atom is 0.0328 e. The van der Waals surface area contributed by atoms with E-state index in [1.54, 1.807) is 6.08 Å². The molecule has 0 aliphatic carbocycles. The molecule has 2 heteroatoms. The van der Waals surface area contributed by atoms with E-state index in [1.807, 2.05) is 13.2 Å². The topological polar surface area (TPSA) is 3.24 Å². The van der Waals surface area contributed by atoms with Crippen LogP contribution in [0.3, 0.4) is 0 Å². The summed E-state index contributed by atoms with van der Waals surface area (Å²) in [5.74, 6) is 0. The molecule has 0 amide bonds. The largest absolute Gasteiger partial charge is 0.375 e. The lowest BCUT2D eigenvalue weighted by Crippen LogP contribution is -2.33. The van der Waals surface area contributed by atoms with Crippen LogP contribution in [0.5, 0.6) is 0 Å². The summed E-state index contributed by atoms with van der Waals surface area (Å²) in [6, 6.07) is 0. The van der Waals surface area contributed by atoms with Crippen LogP contribution in [0.2, 0.25) is 0 Å². The minimum Gasteiger partial charge on any atom is -0.375 e. The Balaban J connectivity index is 4.28. The van der Waals surface area contributed by atoms with Crippen LogP contribution in [0.15, 0.2) is 23.3 Å². The number of rotatable bonds is 2. The molecule has 0 atom stereocenters. The number of allylic oxidation sites excluding steroid dienone is 2. The lowest BCUT2D eigenvalue weighted by Gasteiger charge is -2.30.